The van der Waals surface area contributed by atoms with E-state index in [1.807, 2.05) is 30.3 Å². The van der Waals surface area contributed by atoms with Crippen LogP contribution in [0.1, 0.15) is 39.2 Å². The average Bonchev–Trinajstić information content (AvgIpc) is 3.05. The number of amides is 1. The number of hydrogen-bond acceptors (Lipinski definition) is 6. The van der Waals surface area contributed by atoms with Gasteiger partial charge in [-0.25, -0.2) is 9.59 Å². The van der Waals surface area contributed by atoms with Crippen molar-refractivity contribution in [1.29, 1.82) is 0 Å². The Balaban J connectivity index is 2.30. The third kappa shape index (κ3) is 5.82. The molecule has 1 amide bonds. The second-order valence-electron chi connectivity index (χ2n) is 7.97. The SMILES string of the molecule is C=CC[C@H]1C[C@@H](C(=O)OC)[C@@H](C(=O)OCc2ccccc2)N1C(=O)OC(C)(C)C. The maximum Gasteiger partial charge on any atom is 0.411 e. The molecule has 7 nitrogen and oxygen atoms in total. The van der Waals surface area contributed by atoms with Crippen molar-refractivity contribution in [2.75, 3.05) is 7.11 Å². The number of likely N-dealkylation sites (tertiary alicyclic amines) is 1. The van der Waals surface area contributed by atoms with E-state index >= 15 is 0 Å². The topological polar surface area (TPSA) is 82.1 Å². The van der Waals surface area contributed by atoms with E-state index in [2.05, 4.69) is 6.58 Å². The fraction of sp³-hybridized carbons (Fsp3) is 0.500. The van der Waals surface area contributed by atoms with E-state index in [0.29, 0.717) is 6.42 Å². The van der Waals surface area contributed by atoms with Crippen LogP contribution in [0.15, 0.2) is 43.0 Å². The van der Waals surface area contributed by atoms with Gasteiger partial charge in [-0.3, -0.25) is 9.69 Å². The lowest BCUT2D eigenvalue weighted by Crippen LogP contribution is -2.50. The first-order chi connectivity index (χ1) is 13.7. The van der Waals surface area contributed by atoms with E-state index in [4.69, 9.17) is 14.2 Å². The summed E-state index contributed by atoms with van der Waals surface area (Å²) in [5.74, 6) is -2.06. The van der Waals surface area contributed by atoms with Gasteiger partial charge in [-0.05, 0) is 39.2 Å². The van der Waals surface area contributed by atoms with Crippen molar-refractivity contribution in [2.45, 2.75) is 57.9 Å². The molecule has 1 aromatic rings. The molecule has 3 atom stereocenters. The molecule has 0 saturated carbocycles. The molecular formula is C22H29NO6. The van der Waals surface area contributed by atoms with Crippen molar-refractivity contribution >= 4 is 18.0 Å². The number of methoxy groups -OCH3 is 1. The molecule has 1 aliphatic rings. The van der Waals surface area contributed by atoms with E-state index in [-0.39, 0.29) is 13.0 Å². The minimum absolute atomic E-state index is 0.0400. The zero-order valence-corrected chi connectivity index (χ0v) is 17.4. The zero-order valence-electron chi connectivity index (χ0n) is 17.4. The van der Waals surface area contributed by atoms with Gasteiger partial charge in [0.2, 0.25) is 0 Å². The van der Waals surface area contributed by atoms with Gasteiger partial charge >= 0.3 is 18.0 Å². The average molecular weight is 403 g/mol. The van der Waals surface area contributed by atoms with Crippen molar-refractivity contribution in [3.63, 3.8) is 0 Å². The second kappa shape index (κ2) is 9.58. The van der Waals surface area contributed by atoms with Crippen LogP contribution < -0.4 is 0 Å². The van der Waals surface area contributed by atoms with Gasteiger partial charge < -0.3 is 14.2 Å². The van der Waals surface area contributed by atoms with Crippen LogP contribution in [0, 0.1) is 5.92 Å². The highest BCUT2D eigenvalue weighted by Crippen LogP contribution is 2.35. The van der Waals surface area contributed by atoms with Crippen molar-refractivity contribution in [1.82, 2.24) is 4.90 Å². The molecular weight excluding hydrogens is 374 g/mol. The van der Waals surface area contributed by atoms with E-state index < -0.39 is 41.6 Å². The molecule has 1 heterocycles. The molecule has 0 unspecified atom stereocenters. The van der Waals surface area contributed by atoms with Crippen molar-refractivity contribution in [2.24, 2.45) is 5.92 Å². The number of carbonyl (C=O) groups excluding carboxylic acids is 3. The summed E-state index contributed by atoms with van der Waals surface area (Å²) in [6.07, 6.45) is 1.66. The predicted molar refractivity (Wildman–Crippen MR) is 107 cm³/mol. The summed E-state index contributed by atoms with van der Waals surface area (Å²) in [6, 6.07) is 7.65. The van der Waals surface area contributed by atoms with Gasteiger partial charge in [0.05, 0.1) is 13.0 Å². The number of esters is 2. The maximum atomic E-state index is 13.0. The first-order valence-electron chi connectivity index (χ1n) is 9.58. The van der Waals surface area contributed by atoms with Crippen molar-refractivity contribution in [3.05, 3.63) is 48.6 Å². The number of ether oxygens (including phenoxy) is 3. The van der Waals surface area contributed by atoms with Gasteiger partial charge in [0, 0.05) is 6.04 Å². The summed E-state index contributed by atoms with van der Waals surface area (Å²) >= 11 is 0. The summed E-state index contributed by atoms with van der Waals surface area (Å²) in [7, 11) is 1.26. The Bertz CT molecular complexity index is 739. The van der Waals surface area contributed by atoms with Crippen LogP contribution in [0.25, 0.3) is 0 Å². The molecule has 0 spiro atoms. The maximum absolute atomic E-state index is 13.0. The number of benzene rings is 1. The lowest BCUT2D eigenvalue weighted by atomic mass is 9.98. The minimum Gasteiger partial charge on any atom is -0.469 e. The standard InChI is InChI=1S/C22H29NO6/c1-6-10-16-13-17(19(24)27-5)18(23(16)21(26)29-22(2,3)4)20(25)28-14-15-11-8-7-9-12-15/h6-9,11-12,16-18H,1,10,13-14H2,2-5H3/t16-,17+,18-/m0/s1. The second-order valence-corrected chi connectivity index (χ2v) is 7.97. The highest BCUT2D eigenvalue weighted by atomic mass is 16.6. The highest BCUT2D eigenvalue weighted by Gasteiger charge is 2.52. The predicted octanol–water partition coefficient (Wildman–Crippen LogP) is 3.47. The van der Waals surface area contributed by atoms with Crippen LogP contribution in [-0.4, -0.2) is 47.7 Å². The third-order valence-corrected chi connectivity index (χ3v) is 4.61. The molecule has 1 aliphatic heterocycles. The van der Waals surface area contributed by atoms with Crippen LogP contribution in [0.5, 0.6) is 0 Å². The van der Waals surface area contributed by atoms with Gasteiger partial charge in [0.15, 0.2) is 0 Å². The largest absolute Gasteiger partial charge is 0.469 e. The molecule has 1 aromatic carbocycles. The van der Waals surface area contributed by atoms with E-state index in [9.17, 15) is 14.4 Å². The number of carbonyl (C=O) groups is 3. The van der Waals surface area contributed by atoms with Gasteiger partial charge in [-0.15, -0.1) is 6.58 Å². The van der Waals surface area contributed by atoms with Gasteiger partial charge in [-0.1, -0.05) is 36.4 Å². The molecule has 158 valence electrons. The number of hydrogen-bond donors (Lipinski definition) is 0. The molecule has 7 heteroatoms. The Morgan fingerprint density at radius 2 is 1.83 bits per heavy atom. The van der Waals surface area contributed by atoms with E-state index in [1.54, 1.807) is 26.8 Å². The van der Waals surface area contributed by atoms with Gasteiger partial charge in [0.25, 0.3) is 0 Å². The Morgan fingerprint density at radius 3 is 2.38 bits per heavy atom. The summed E-state index contributed by atoms with van der Waals surface area (Å²) in [5, 5.41) is 0. The highest BCUT2D eigenvalue weighted by molar-refractivity contribution is 5.89. The van der Waals surface area contributed by atoms with Crippen LogP contribution in [0.2, 0.25) is 0 Å². The number of rotatable bonds is 6. The van der Waals surface area contributed by atoms with Crippen LogP contribution in [-0.2, 0) is 30.4 Å². The van der Waals surface area contributed by atoms with Crippen molar-refractivity contribution < 1.29 is 28.6 Å². The Hall–Kier alpha value is -2.83. The smallest absolute Gasteiger partial charge is 0.411 e. The zero-order chi connectivity index (χ0) is 21.6. The third-order valence-electron chi connectivity index (χ3n) is 4.61. The monoisotopic (exact) mass is 403 g/mol. The molecule has 29 heavy (non-hydrogen) atoms. The first kappa shape index (κ1) is 22.5. The summed E-state index contributed by atoms with van der Waals surface area (Å²) < 4.78 is 15.8. The Kier molecular flexibility index (Phi) is 7.42. The molecule has 0 aromatic heterocycles. The first-order valence-corrected chi connectivity index (χ1v) is 9.58. The number of nitrogens with zero attached hydrogens (tertiary/aromatic N) is 1. The molecule has 1 saturated heterocycles. The van der Waals surface area contributed by atoms with E-state index in [1.165, 1.54) is 12.0 Å². The molecule has 0 radical (unpaired) electrons. The quantitative estimate of drug-likeness (QED) is 0.411. The van der Waals surface area contributed by atoms with Crippen LogP contribution in [0.4, 0.5) is 4.79 Å². The molecule has 1 fully saturated rings. The Morgan fingerprint density at radius 1 is 1.17 bits per heavy atom. The molecule has 0 bridgehead atoms. The van der Waals surface area contributed by atoms with E-state index in [0.717, 1.165) is 5.56 Å². The summed E-state index contributed by atoms with van der Waals surface area (Å²) in [6.45, 7) is 8.98. The minimum atomic E-state index is -1.12. The molecule has 0 aliphatic carbocycles. The Labute approximate surface area is 171 Å². The normalized spacial score (nSPS) is 21.4. The van der Waals surface area contributed by atoms with Crippen molar-refractivity contribution in [3.8, 4) is 0 Å². The van der Waals surface area contributed by atoms with Gasteiger partial charge in [-0.2, -0.15) is 0 Å². The van der Waals surface area contributed by atoms with Gasteiger partial charge in [0.1, 0.15) is 18.2 Å². The van der Waals surface area contributed by atoms with Crippen LogP contribution in [0.3, 0.4) is 0 Å². The lowest BCUT2D eigenvalue weighted by Gasteiger charge is -2.31. The summed E-state index contributed by atoms with van der Waals surface area (Å²) in [4.78, 5) is 39.6. The van der Waals surface area contributed by atoms with Crippen LogP contribution >= 0.6 is 0 Å². The lowest BCUT2D eigenvalue weighted by molar-refractivity contribution is -0.158. The fourth-order valence-electron chi connectivity index (χ4n) is 3.40. The molecule has 2 rings (SSSR count). The fourth-order valence-corrected chi connectivity index (χ4v) is 3.40. The molecule has 0 N–H and O–H groups in total. The summed E-state index contributed by atoms with van der Waals surface area (Å²) in [5.41, 5.74) is 0.0532.